The van der Waals surface area contributed by atoms with Gasteiger partial charge in [-0.25, -0.2) is 0 Å². The van der Waals surface area contributed by atoms with Gasteiger partial charge in [-0.2, -0.15) is 0 Å². The van der Waals surface area contributed by atoms with Crippen LogP contribution in [0.2, 0.25) is 10.0 Å². The number of fused-ring (bicyclic) bond motifs is 1. The Morgan fingerprint density at radius 1 is 1.00 bits per heavy atom. The quantitative estimate of drug-likeness (QED) is 0.358. The van der Waals surface area contributed by atoms with Gasteiger partial charge in [0.2, 0.25) is 11.2 Å². The molecule has 0 bridgehead atoms. The summed E-state index contributed by atoms with van der Waals surface area (Å²) in [6.45, 7) is 1.51. The third-order valence-electron chi connectivity index (χ3n) is 4.91. The first kappa shape index (κ1) is 22.7. The maximum absolute atomic E-state index is 13.2. The molecule has 168 valence electrons. The number of benzene rings is 3. The third kappa shape index (κ3) is 4.97. The topological polar surface area (TPSA) is 77.8 Å². The first-order chi connectivity index (χ1) is 15.9. The van der Waals surface area contributed by atoms with Crippen LogP contribution < -0.4 is 20.2 Å². The lowest BCUT2D eigenvalue weighted by atomic mass is 10.1. The maximum atomic E-state index is 13.2. The number of hydrogen-bond donors (Lipinski definition) is 1. The van der Waals surface area contributed by atoms with Crippen molar-refractivity contribution in [2.24, 2.45) is 0 Å². The van der Waals surface area contributed by atoms with Crippen molar-refractivity contribution in [2.45, 2.75) is 6.92 Å². The summed E-state index contributed by atoms with van der Waals surface area (Å²) in [5.41, 5.74) is 2.00. The van der Waals surface area contributed by atoms with Gasteiger partial charge in [0.05, 0.1) is 18.2 Å². The van der Waals surface area contributed by atoms with E-state index in [-0.39, 0.29) is 16.9 Å². The molecule has 4 aromatic rings. The molecule has 1 N–H and O–H groups in total. The lowest BCUT2D eigenvalue weighted by Gasteiger charge is -2.13. The zero-order valence-electron chi connectivity index (χ0n) is 17.8. The molecule has 1 heterocycles. The van der Waals surface area contributed by atoms with E-state index in [1.54, 1.807) is 30.3 Å². The molecule has 1 amide bonds. The van der Waals surface area contributed by atoms with Crippen LogP contribution in [0.5, 0.6) is 11.5 Å². The van der Waals surface area contributed by atoms with E-state index >= 15 is 0 Å². The Balaban J connectivity index is 1.69. The molecule has 0 spiro atoms. The Hall–Kier alpha value is -3.48. The molecule has 0 aliphatic rings. The second-order valence-corrected chi connectivity index (χ2v) is 8.15. The fraction of sp³-hybridized carbons (Fsp3) is 0.120. The Kier molecular flexibility index (Phi) is 6.58. The SMILES string of the molecule is COc1ccc(Cl)cc1NC(=O)COc1c(-c2ccc(C)cc2)oc2ccc(Cl)cc2c1=O. The second-order valence-electron chi connectivity index (χ2n) is 7.28. The Labute approximate surface area is 199 Å². The zero-order valence-corrected chi connectivity index (χ0v) is 19.3. The number of hydrogen-bond acceptors (Lipinski definition) is 5. The van der Waals surface area contributed by atoms with E-state index in [1.165, 1.54) is 13.2 Å². The number of carbonyl (C=O) groups is 1. The van der Waals surface area contributed by atoms with Crippen molar-refractivity contribution in [3.63, 3.8) is 0 Å². The number of halogens is 2. The predicted octanol–water partition coefficient (Wildman–Crippen LogP) is 6.10. The van der Waals surface area contributed by atoms with E-state index < -0.39 is 17.9 Å². The molecule has 3 aromatic carbocycles. The molecule has 4 rings (SSSR count). The van der Waals surface area contributed by atoms with Crippen LogP contribution in [0, 0.1) is 6.92 Å². The van der Waals surface area contributed by atoms with Crippen molar-refractivity contribution in [1.29, 1.82) is 0 Å². The number of aryl methyl sites for hydroxylation is 1. The van der Waals surface area contributed by atoms with Crippen molar-refractivity contribution < 1.29 is 18.7 Å². The standard InChI is InChI=1S/C25H19Cl2NO5/c1-14-3-5-15(6-4-14)24-25(23(30)18-11-16(26)7-9-20(18)33-24)32-13-22(29)28-19-12-17(27)8-10-21(19)31-2/h3-12H,13H2,1-2H3,(H,28,29). The van der Waals surface area contributed by atoms with Gasteiger partial charge in [-0.05, 0) is 43.3 Å². The van der Waals surface area contributed by atoms with Crippen LogP contribution >= 0.6 is 23.2 Å². The molecule has 0 aliphatic heterocycles. The normalized spacial score (nSPS) is 10.8. The highest BCUT2D eigenvalue weighted by molar-refractivity contribution is 6.31. The summed E-state index contributed by atoms with van der Waals surface area (Å²) < 4.78 is 16.9. The van der Waals surface area contributed by atoms with Crippen molar-refractivity contribution in [1.82, 2.24) is 0 Å². The summed E-state index contributed by atoms with van der Waals surface area (Å²) >= 11 is 12.1. The van der Waals surface area contributed by atoms with Crippen molar-refractivity contribution in [3.05, 3.63) is 86.5 Å². The van der Waals surface area contributed by atoms with Crippen molar-refractivity contribution in [2.75, 3.05) is 19.0 Å². The number of methoxy groups -OCH3 is 1. The first-order valence-corrected chi connectivity index (χ1v) is 10.7. The number of ether oxygens (including phenoxy) is 2. The summed E-state index contributed by atoms with van der Waals surface area (Å²) in [6, 6.07) is 17.0. The van der Waals surface area contributed by atoms with Crippen molar-refractivity contribution >= 4 is 45.8 Å². The molecule has 0 saturated carbocycles. The van der Waals surface area contributed by atoms with Crippen LogP contribution in [0.3, 0.4) is 0 Å². The Morgan fingerprint density at radius 2 is 1.70 bits per heavy atom. The maximum Gasteiger partial charge on any atom is 0.262 e. The van der Waals surface area contributed by atoms with Gasteiger partial charge in [0.15, 0.2) is 12.4 Å². The molecule has 0 atom stereocenters. The van der Waals surface area contributed by atoms with Crippen LogP contribution in [0.4, 0.5) is 5.69 Å². The number of carbonyl (C=O) groups excluding carboxylic acids is 1. The molecule has 1 aromatic heterocycles. The highest BCUT2D eigenvalue weighted by Crippen LogP contribution is 2.32. The summed E-state index contributed by atoms with van der Waals surface area (Å²) in [7, 11) is 1.48. The monoisotopic (exact) mass is 483 g/mol. The van der Waals surface area contributed by atoms with Gasteiger partial charge >= 0.3 is 0 Å². The average molecular weight is 484 g/mol. The molecule has 0 fully saturated rings. The van der Waals surface area contributed by atoms with Gasteiger partial charge in [0.25, 0.3) is 5.91 Å². The molecule has 6 nitrogen and oxygen atoms in total. The van der Waals surface area contributed by atoms with Crippen molar-refractivity contribution in [3.8, 4) is 22.8 Å². The second kappa shape index (κ2) is 9.57. The van der Waals surface area contributed by atoms with Crippen LogP contribution in [-0.4, -0.2) is 19.6 Å². The van der Waals surface area contributed by atoms with Gasteiger partial charge in [-0.1, -0.05) is 53.0 Å². The van der Waals surface area contributed by atoms with E-state index in [1.807, 2.05) is 31.2 Å². The lowest BCUT2D eigenvalue weighted by Crippen LogP contribution is -2.23. The smallest absolute Gasteiger partial charge is 0.262 e. The fourth-order valence-corrected chi connectivity index (χ4v) is 3.62. The summed E-state index contributed by atoms with van der Waals surface area (Å²) in [6.07, 6.45) is 0. The van der Waals surface area contributed by atoms with E-state index in [0.29, 0.717) is 32.6 Å². The molecule has 0 aliphatic carbocycles. The minimum atomic E-state index is -0.504. The Morgan fingerprint density at radius 3 is 2.42 bits per heavy atom. The minimum absolute atomic E-state index is 0.0816. The van der Waals surface area contributed by atoms with Gasteiger partial charge in [0.1, 0.15) is 11.3 Å². The van der Waals surface area contributed by atoms with E-state index in [0.717, 1.165) is 5.56 Å². The summed E-state index contributed by atoms with van der Waals surface area (Å²) in [4.78, 5) is 25.8. The summed E-state index contributed by atoms with van der Waals surface area (Å²) in [5, 5.41) is 3.75. The molecule has 8 heteroatoms. The number of anilines is 1. The molecule has 0 radical (unpaired) electrons. The predicted molar refractivity (Wildman–Crippen MR) is 130 cm³/mol. The van der Waals surface area contributed by atoms with Gasteiger partial charge in [0, 0.05) is 15.6 Å². The third-order valence-corrected chi connectivity index (χ3v) is 5.38. The van der Waals surface area contributed by atoms with E-state index in [4.69, 9.17) is 37.1 Å². The van der Waals surface area contributed by atoms with Crippen LogP contribution in [-0.2, 0) is 4.79 Å². The van der Waals surface area contributed by atoms with Crippen LogP contribution in [0.15, 0.2) is 69.9 Å². The number of nitrogens with one attached hydrogen (secondary N) is 1. The zero-order chi connectivity index (χ0) is 23.5. The Bertz CT molecular complexity index is 1400. The fourth-order valence-electron chi connectivity index (χ4n) is 3.28. The average Bonchev–Trinajstić information content (AvgIpc) is 2.79. The van der Waals surface area contributed by atoms with Crippen LogP contribution in [0.25, 0.3) is 22.3 Å². The lowest BCUT2D eigenvalue weighted by molar-refractivity contribution is -0.118. The van der Waals surface area contributed by atoms with Gasteiger partial charge in [-0.15, -0.1) is 0 Å². The van der Waals surface area contributed by atoms with E-state index in [2.05, 4.69) is 5.32 Å². The molecular formula is C25H19Cl2NO5. The molecule has 33 heavy (non-hydrogen) atoms. The molecule has 0 unspecified atom stereocenters. The minimum Gasteiger partial charge on any atom is -0.495 e. The first-order valence-electron chi connectivity index (χ1n) is 9.95. The number of amides is 1. The van der Waals surface area contributed by atoms with Gasteiger partial charge < -0.3 is 19.2 Å². The van der Waals surface area contributed by atoms with Crippen LogP contribution in [0.1, 0.15) is 5.56 Å². The largest absolute Gasteiger partial charge is 0.495 e. The molecule has 0 saturated heterocycles. The summed E-state index contributed by atoms with van der Waals surface area (Å²) in [5.74, 6) is 0.0776. The van der Waals surface area contributed by atoms with E-state index in [9.17, 15) is 9.59 Å². The highest BCUT2D eigenvalue weighted by atomic mass is 35.5. The highest BCUT2D eigenvalue weighted by Gasteiger charge is 2.19. The molecular weight excluding hydrogens is 465 g/mol. The number of rotatable bonds is 6. The van der Waals surface area contributed by atoms with Gasteiger partial charge in [-0.3, -0.25) is 9.59 Å².